The Morgan fingerprint density at radius 1 is 0.732 bits per heavy atom. The fourth-order valence-electron chi connectivity index (χ4n) is 13.3. The van der Waals surface area contributed by atoms with Crippen LogP contribution in [0.5, 0.6) is 0 Å². The molecule has 4 aliphatic carbocycles. The number of rotatable bonds is 32. The molecule has 5 rings (SSSR count). The van der Waals surface area contributed by atoms with Crippen molar-refractivity contribution in [3.63, 3.8) is 0 Å². The minimum Gasteiger partial charge on any atom is -0.393 e. The number of nitrogens with one attached hydrogen (secondary N) is 1. The highest BCUT2D eigenvalue weighted by Crippen LogP contribution is 2.73. The van der Waals surface area contributed by atoms with Gasteiger partial charge in [-0.3, -0.25) is 23.1 Å². The van der Waals surface area contributed by atoms with E-state index in [1.54, 1.807) is 55.4 Å². The number of carbonyl (C=O) groups is 1. The van der Waals surface area contributed by atoms with Crippen molar-refractivity contribution in [1.82, 2.24) is 20.3 Å². The van der Waals surface area contributed by atoms with E-state index in [-0.39, 0.29) is 93.7 Å². The number of aromatic nitrogens is 3. The van der Waals surface area contributed by atoms with Crippen LogP contribution in [0.15, 0.2) is 6.20 Å². The van der Waals surface area contributed by atoms with Crippen molar-refractivity contribution in [2.45, 2.75) is 170 Å². The number of amides is 1. The third kappa shape index (κ3) is 14.0. The number of carbonyl (C=O) groups excluding carboxylic acids is 1. The van der Waals surface area contributed by atoms with Gasteiger partial charge in [-0.05, 0) is 160 Å². The molecule has 23 heteroatoms. The van der Waals surface area contributed by atoms with E-state index in [9.17, 15) is 28.2 Å². The van der Waals surface area contributed by atoms with Gasteiger partial charge in [0.1, 0.15) is 0 Å². The van der Waals surface area contributed by atoms with Crippen molar-refractivity contribution in [1.29, 1.82) is 0 Å². The van der Waals surface area contributed by atoms with Gasteiger partial charge in [0.2, 0.25) is 5.91 Å². The van der Waals surface area contributed by atoms with Gasteiger partial charge in [-0.15, -0.1) is 5.10 Å². The normalized spacial score (nSPS) is 28.7. The number of aliphatic hydroxyl groups is 1. The quantitative estimate of drug-likeness (QED) is 0.0506. The van der Waals surface area contributed by atoms with E-state index in [0.717, 1.165) is 57.8 Å². The lowest BCUT2D eigenvalue weighted by atomic mass is 9.43. The maximum absolute atomic E-state index is 14.2. The second-order valence-corrected chi connectivity index (χ2v) is 31.1. The third-order valence-electron chi connectivity index (χ3n) is 16.3. The Bertz CT molecular complexity index is 1940. The summed E-state index contributed by atoms with van der Waals surface area (Å²) >= 11 is 1.40. The zero-order valence-corrected chi connectivity index (χ0v) is 49.1. The van der Waals surface area contributed by atoms with Gasteiger partial charge in [0, 0.05) is 37.1 Å². The van der Waals surface area contributed by atoms with Crippen LogP contribution in [-0.2, 0) is 65.7 Å². The van der Waals surface area contributed by atoms with Gasteiger partial charge >= 0.3 is 30.4 Å². The monoisotopic (exact) mass is 1100 g/mol. The summed E-state index contributed by atoms with van der Waals surface area (Å²) in [5, 5.41) is 22.0. The van der Waals surface area contributed by atoms with Crippen LogP contribution in [0.2, 0.25) is 0 Å². The fourth-order valence-corrected chi connectivity index (χ4v) is 25.8. The van der Waals surface area contributed by atoms with Gasteiger partial charge in [-0.1, -0.05) is 26.0 Å². The summed E-state index contributed by atoms with van der Waals surface area (Å²) in [5.41, 5.74) is 0.678. The molecule has 18 nitrogen and oxygen atoms in total. The molecule has 2 N–H and O–H groups in total. The fraction of sp³-hybridized carbons (Fsp3) is 0.938. The molecule has 1 amide bonds. The first-order valence-electron chi connectivity index (χ1n) is 26.7. The molecule has 71 heavy (non-hydrogen) atoms. The molecular formula is C48H90N4O14P4S. The Kier molecular flexibility index (Phi) is 23.5. The van der Waals surface area contributed by atoms with E-state index in [2.05, 4.69) is 36.4 Å². The zero-order valence-electron chi connectivity index (χ0n) is 44.7. The van der Waals surface area contributed by atoms with Crippen molar-refractivity contribution in [3.05, 3.63) is 11.9 Å². The SMILES string of the molecule is CCOP(=O)(OCC)C(CSCCNC(=O)CC[C@@H](C)[C@H]1CC[C@H]2[C@@H]3[C@H](O)CC4C[C@H](n5cc(CC(P(=O)(OCC)OCC)P(=O)(OCC)OCC)nn5)CC[C@]4(C)[C@H]3CC[C@]12C)P(=O)(OCC)OCC. The van der Waals surface area contributed by atoms with Gasteiger partial charge in [-0.25, -0.2) is 4.68 Å². The minimum absolute atomic E-state index is 0.00692. The van der Waals surface area contributed by atoms with Gasteiger partial charge in [0.15, 0.2) is 10.8 Å². The molecule has 4 saturated carbocycles. The Labute approximate surface area is 429 Å². The first-order valence-corrected chi connectivity index (χ1v) is 34.3. The predicted molar refractivity (Wildman–Crippen MR) is 279 cm³/mol. The molecule has 0 spiro atoms. The molecule has 1 aromatic heterocycles. The van der Waals surface area contributed by atoms with E-state index >= 15 is 0 Å². The first-order chi connectivity index (χ1) is 33.7. The van der Waals surface area contributed by atoms with Crippen LogP contribution in [0.25, 0.3) is 0 Å². The largest absolute Gasteiger partial charge is 0.393 e. The molecule has 0 bridgehead atoms. The lowest BCUT2D eigenvalue weighted by Gasteiger charge is -2.62. The topological polar surface area (TPSA) is 222 Å². The van der Waals surface area contributed by atoms with E-state index in [0.29, 0.717) is 54.0 Å². The average Bonchev–Trinajstić information content (AvgIpc) is 3.93. The predicted octanol–water partition coefficient (Wildman–Crippen LogP) is 12.0. The van der Waals surface area contributed by atoms with Gasteiger partial charge in [0.05, 0.1) is 70.7 Å². The number of nitrogens with zero attached hydrogens (tertiary/aromatic N) is 3. The van der Waals surface area contributed by atoms with Crippen LogP contribution >= 0.6 is 42.1 Å². The summed E-state index contributed by atoms with van der Waals surface area (Å²) in [4.78, 5) is 13.2. The second kappa shape index (κ2) is 27.2. The standard InChI is InChI=1S/C48H90N4O14P4S/c1-12-59-67(55,60-13-2)44(68(56,61-14-3)62-15-4)32-37-33-52(51-50-37)38-24-26-47(10)36(30-38)31-42(53)46-40-22-21-39(48(40,11)27-25-41(46)47)35(9)20-23-43(54)49-28-29-71-34-45(69(57,63-16-5)64-17-6)70(58,65-18-7)66-19-8/h33,35-36,38-42,44-46,53H,12-32,34H2,1-11H3,(H,49,54)/t35-,36?,38-,39-,40+,41+,42-,46+,47+,48-/m1/s1. The highest BCUT2D eigenvalue weighted by atomic mass is 32.2. The van der Waals surface area contributed by atoms with Crippen molar-refractivity contribution < 1.29 is 64.4 Å². The van der Waals surface area contributed by atoms with E-state index in [1.165, 1.54) is 11.8 Å². The van der Waals surface area contributed by atoms with Crippen LogP contribution < -0.4 is 5.32 Å². The van der Waals surface area contributed by atoms with Gasteiger partial charge in [-0.2, -0.15) is 11.8 Å². The van der Waals surface area contributed by atoms with Crippen LogP contribution in [-0.4, -0.2) is 114 Å². The molecule has 10 atom stereocenters. The Hall–Kier alpha value is -0.480. The van der Waals surface area contributed by atoms with Crippen LogP contribution in [0.4, 0.5) is 0 Å². The number of hydrogen-bond acceptors (Lipinski definition) is 17. The molecule has 0 aliphatic heterocycles. The van der Waals surface area contributed by atoms with Crippen molar-refractivity contribution in [2.75, 3.05) is 70.9 Å². The molecule has 4 aliphatic rings. The molecule has 1 unspecified atom stereocenters. The molecular weight excluding hydrogens is 1010 g/mol. The Morgan fingerprint density at radius 3 is 1.75 bits per heavy atom. The molecule has 1 aromatic rings. The first kappa shape index (κ1) is 61.4. The summed E-state index contributed by atoms with van der Waals surface area (Å²) in [6, 6.07) is 0.0693. The Balaban J connectivity index is 1.16. The van der Waals surface area contributed by atoms with Gasteiger partial charge in [0.25, 0.3) is 0 Å². The third-order valence-corrected chi connectivity index (χ3v) is 29.9. The van der Waals surface area contributed by atoms with E-state index in [1.807, 2.05) is 10.9 Å². The molecule has 412 valence electrons. The van der Waals surface area contributed by atoms with Crippen molar-refractivity contribution in [2.24, 2.45) is 46.3 Å². The average molecular weight is 1100 g/mol. The number of hydrogen-bond donors (Lipinski definition) is 2. The van der Waals surface area contributed by atoms with Crippen molar-refractivity contribution in [3.8, 4) is 0 Å². The summed E-state index contributed by atoms with van der Waals surface area (Å²) in [6.07, 6.45) is 10.6. The maximum atomic E-state index is 14.2. The van der Waals surface area contributed by atoms with E-state index < -0.39 is 47.3 Å². The highest BCUT2D eigenvalue weighted by Gasteiger charge is 2.63. The smallest absolute Gasteiger partial charge is 0.346 e. The van der Waals surface area contributed by atoms with Crippen LogP contribution in [0.3, 0.4) is 0 Å². The summed E-state index contributed by atoms with van der Waals surface area (Å²) in [6.45, 7) is 22.2. The summed E-state index contributed by atoms with van der Waals surface area (Å²) < 4.78 is 103. The lowest BCUT2D eigenvalue weighted by molar-refractivity contribution is -0.169. The molecule has 1 heterocycles. The molecule has 0 radical (unpaired) electrons. The zero-order chi connectivity index (χ0) is 52.3. The molecule has 0 aromatic carbocycles. The van der Waals surface area contributed by atoms with Gasteiger partial charge < -0.3 is 46.6 Å². The molecule has 4 fully saturated rings. The number of thioether (sulfide) groups is 1. The van der Waals surface area contributed by atoms with Crippen LogP contribution in [0.1, 0.15) is 152 Å². The van der Waals surface area contributed by atoms with Crippen molar-refractivity contribution >= 4 is 48.1 Å². The minimum atomic E-state index is -3.96. The Morgan fingerprint density at radius 2 is 1.23 bits per heavy atom. The lowest BCUT2D eigenvalue weighted by Crippen LogP contribution is -2.58. The second-order valence-electron chi connectivity index (χ2n) is 20.3. The number of aliphatic hydroxyl groups excluding tert-OH is 1. The molecule has 0 saturated heterocycles. The number of fused-ring (bicyclic) bond motifs is 5. The van der Waals surface area contributed by atoms with E-state index in [4.69, 9.17) is 36.2 Å². The van der Waals surface area contributed by atoms with Crippen LogP contribution in [0, 0.1) is 46.3 Å². The highest BCUT2D eigenvalue weighted by molar-refractivity contribution is 8.00. The maximum Gasteiger partial charge on any atom is 0.346 e. The summed E-state index contributed by atoms with van der Waals surface area (Å²) in [7, 11) is -15.6. The summed E-state index contributed by atoms with van der Waals surface area (Å²) in [5.74, 6) is 2.86.